The minimum Gasteiger partial charge on any atom is -0.311 e. The molecule has 1 rings (SSSR count). The van der Waals surface area contributed by atoms with Gasteiger partial charge < -0.3 is 10.2 Å². The molecule has 1 fully saturated rings. The topological polar surface area (TPSA) is 15.3 Å². The smallest absolute Gasteiger partial charge is 0.114 e. The van der Waals surface area contributed by atoms with Crippen LogP contribution in [0.4, 0.5) is 4.39 Å². The third kappa shape index (κ3) is 4.08. The summed E-state index contributed by atoms with van der Waals surface area (Å²) in [5, 5.41) is 3.18. The molecule has 1 aliphatic rings. The highest BCUT2D eigenvalue weighted by atomic mass is 19.1. The van der Waals surface area contributed by atoms with Crippen LogP contribution in [0.1, 0.15) is 19.3 Å². The summed E-state index contributed by atoms with van der Waals surface area (Å²) in [5.74, 6) is 2.62. The number of hydrogen-bond acceptors (Lipinski definition) is 2. The minimum atomic E-state index is -0.643. The zero-order valence-electron chi connectivity index (χ0n) is 8.80. The van der Waals surface area contributed by atoms with Gasteiger partial charge in [0.2, 0.25) is 0 Å². The lowest BCUT2D eigenvalue weighted by Gasteiger charge is -2.17. The maximum absolute atomic E-state index is 12.8. The number of nitrogens with zero attached hydrogens (tertiary/aromatic N) is 1. The Balaban J connectivity index is 2.05. The molecule has 1 N–H and O–H groups in total. The van der Waals surface area contributed by atoms with Crippen molar-refractivity contribution in [3.05, 3.63) is 0 Å². The van der Waals surface area contributed by atoms with Crippen LogP contribution in [-0.2, 0) is 0 Å². The van der Waals surface area contributed by atoms with Gasteiger partial charge in [0.05, 0.1) is 0 Å². The van der Waals surface area contributed by atoms with Crippen LogP contribution in [0, 0.1) is 12.3 Å². The molecule has 2 unspecified atom stereocenters. The number of halogens is 1. The van der Waals surface area contributed by atoms with Crippen molar-refractivity contribution in [1.29, 1.82) is 0 Å². The fourth-order valence-corrected chi connectivity index (χ4v) is 1.73. The highest BCUT2D eigenvalue weighted by Crippen LogP contribution is 2.12. The molecule has 0 aromatic carbocycles. The molecule has 80 valence electrons. The van der Waals surface area contributed by atoms with Gasteiger partial charge in [0.1, 0.15) is 6.17 Å². The summed E-state index contributed by atoms with van der Waals surface area (Å²) in [5.41, 5.74) is 0. The monoisotopic (exact) mass is 198 g/mol. The molecule has 0 amide bonds. The second kappa shape index (κ2) is 6.00. The van der Waals surface area contributed by atoms with Crippen LogP contribution in [0.2, 0.25) is 0 Å². The van der Waals surface area contributed by atoms with Gasteiger partial charge in [-0.2, -0.15) is 0 Å². The zero-order chi connectivity index (χ0) is 10.4. The summed E-state index contributed by atoms with van der Waals surface area (Å²) >= 11 is 0. The van der Waals surface area contributed by atoms with Crippen molar-refractivity contribution < 1.29 is 4.39 Å². The fourth-order valence-electron chi connectivity index (χ4n) is 1.73. The number of terminal acetylenes is 1. The Hall–Kier alpha value is -0.590. The first-order valence-electron chi connectivity index (χ1n) is 5.22. The molecule has 1 saturated heterocycles. The first-order valence-corrected chi connectivity index (χ1v) is 5.22. The van der Waals surface area contributed by atoms with Gasteiger partial charge in [-0.15, -0.1) is 12.3 Å². The maximum atomic E-state index is 12.8. The number of alkyl halides is 1. The van der Waals surface area contributed by atoms with E-state index in [1.54, 1.807) is 0 Å². The second-order valence-electron chi connectivity index (χ2n) is 3.98. The summed E-state index contributed by atoms with van der Waals surface area (Å²) in [7, 11) is 2.05. The van der Waals surface area contributed by atoms with Gasteiger partial charge in [-0.1, -0.05) is 0 Å². The third-order valence-corrected chi connectivity index (χ3v) is 2.67. The molecule has 0 aliphatic carbocycles. The molecule has 0 aromatic heterocycles. The number of nitrogens with one attached hydrogen (secondary N) is 1. The van der Waals surface area contributed by atoms with Crippen molar-refractivity contribution in [2.45, 2.75) is 31.5 Å². The summed E-state index contributed by atoms with van der Waals surface area (Å²) in [4.78, 5) is 2.20. The van der Waals surface area contributed by atoms with E-state index in [0.717, 1.165) is 25.9 Å². The number of rotatable bonds is 5. The van der Waals surface area contributed by atoms with Gasteiger partial charge in [-0.25, -0.2) is 4.39 Å². The number of hydrogen-bond donors (Lipinski definition) is 1. The van der Waals surface area contributed by atoms with Crippen molar-refractivity contribution in [3.8, 4) is 12.3 Å². The average Bonchev–Trinajstić information content (AvgIpc) is 2.58. The van der Waals surface area contributed by atoms with E-state index in [2.05, 4.69) is 23.2 Å². The quantitative estimate of drug-likeness (QED) is 0.664. The molecule has 14 heavy (non-hydrogen) atoms. The summed E-state index contributed by atoms with van der Waals surface area (Å²) < 4.78 is 12.8. The predicted molar refractivity (Wildman–Crippen MR) is 56.9 cm³/mol. The first kappa shape index (κ1) is 11.5. The largest absolute Gasteiger partial charge is 0.311 e. The predicted octanol–water partition coefficient (Wildman–Crippen LogP) is 1.03. The van der Waals surface area contributed by atoms with Gasteiger partial charge in [-0.05, 0) is 26.4 Å². The zero-order valence-corrected chi connectivity index (χ0v) is 8.80. The van der Waals surface area contributed by atoms with Crippen LogP contribution in [-0.4, -0.2) is 43.8 Å². The lowest BCUT2D eigenvalue weighted by Crippen LogP contribution is -2.28. The van der Waals surface area contributed by atoms with E-state index in [4.69, 9.17) is 6.42 Å². The Bertz CT molecular complexity index is 200. The Morgan fingerprint density at radius 2 is 2.36 bits per heavy atom. The molecule has 2 atom stereocenters. The van der Waals surface area contributed by atoms with E-state index in [0.29, 0.717) is 19.0 Å². The molecule has 3 heteroatoms. The lowest BCUT2D eigenvalue weighted by atomic mass is 10.1. The van der Waals surface area contributed by atoms with E-state index in [-0.39, 0.29) is 0 Å². The van der Waals surface area contributed by atoms with Crippen LogP contribution in [0.15, 0.2) is 0 Å². The fraction of sp³-hybridized carbons (Fsp3) is 0.818. The molecular weight excluding hydrogens is 179 g/mol. The van der Waals surface area contributed by atoms with Gasteiger partial charge >= 0.3 is 0 Å². The summed E-state index contributed by atoms with van der Waals surface area (Å²) in [6.45, 7) is 2.45. The molecule has 0 bridgehead atoms. The Kier molecular flexibility index (Phi) is 4.92. The van der Waals surface area contributed by atoms with Gasteiger partial charge in [0.25, 0.3) is 0 Å². The SMILES string of the molecule is C#CCCN(C)CCC1CC(F)CN1. The van der Waals surface area contributed by atoms with E-state index >= 15 is 0 Å². The summed E-state index contributed by atoms with van der Waals surface area (Å²) in [6, 6.07) is 0.360. The van der Waals surface area contributed by atoms with E-state index in [9.17, 15) is 4.39 Å². The molecule has 1 heterocycles. The van der Waals surface area contributed by atoms with Crippen LogP contribution in [0.5, 0.6) is 0 Å². The third-order valence-electron chi connectivity index (χ3n) is 2.67. The van der Waals surface area contributed by atoms with Crippen molar-refractivity contribution in [1.82, 2.24) is 10.2 Å². The first-order chi connectivity index (χ1) is 6.72. The van der Waals surface area contributed by atoms with Gasteiger partial charge in [0.15, 0.2) is 0 Å². The molecule has 0 saturated carbocycles. The normalized spacial score (nSPS) is 26.7. The van der Waals surface area contributed by atoms with Crippen LogP contribution < -0.4 is 5.32 Å². The minimum absolute atomic E-state index is 0.360. The Morgan fingerprint density at radius 3 is 2.93 bits per heavy atom. The van der Waals surface area contributed by atoms with Crippen LogP contribution in [0.25, 0.3) is 0 Å². The van der Waals surface area contributed by atoms with E-state index < -0.39 is 6.17 Å². The van der Waals surface area contributed by atoms with Crippen molar-refractivity contribution in [2.75, 3.05) is 26.7 Å². The molecule has 2 nitrogen and oxygen atoms in total. The molecule has 0 spiro atoms. The van der Waals surface area contributed by atoms with E-state index in [1.807, 2.05) is 0 Å². The van der Waals surface area contributed by atoms with Crippen molar-refractivity contribution in [2.24, 2.45) is 0 Å². The highest BCUT2D eigenvalue weighted by molar-refractivity contribution is 4.85. The maximum Gasteiger partial charge on any atom is 0.114 e. The highest BCUT2D eigenvalue weighted by Gasteiger charge is 2.22. The second-order valence-corrected chi connectivity index (χ2v) is 3.98. The molecular formula is C11H19FN2. The van der Waals surface area contributed by atoms with Crippen molar-refractivity contribution >= 4 is 0 Å². The van der Waals surface area contributed by atoms with Crippen LogP contribution in [0.3, 0.4) is 0 Å². The Labute approximate surface area is 85.9 Å². The molecule has 0 aromatic rings. The molecule has 1 aliphatic heterocycles. The van der Waals surface area contributed by atoms with Crippen LogP contribution >= 0.6 is 0 Å². The average molecular weight is 198 g/mol. The van der Waals surface area contributed by atoms with Gasteiger partial charge in [0, 0.05) is 25.6 Å². The standard InChI is InChI=1S/C11H19FN2/c1-3-4-6-14(2)7-5-11-8-10(12)9-13-11/h1,10-11,13H,4-9H2,2H3. The lowest BCUT2D eigenvalue weighted by molar-refractivity contribution is 0.311. The van der Waals surface area contributed by atoms with E-state index in [1.165, 1.54) is 0 Å². The molecule has 0 radical (unpaired) electrons. The van der Waals surface area contributed by atoms with Crippen molar-refractivity contribution in [3.63, 3.8) is 0 Å². The van der Waals surface area contributed by atoms with Gasteiger partial charge in [-0.3, -0.25) is 0 Å². The Morgan fingerprint density at radius 1 is 1.57 bits per heavy atom. The summed E-state index contributed by atoms with van der Waals surface area (Å²) in [6.07, 6.45) is 7.01.